The number of carbonyl (C=O) groups excluding carboxylic acids is 1. The summed E-state index contributed by atoms with van der Waals surface area (Å²) in [4.78, 5) is 15.7. The molecular formula is C17H14ClN5OSe. The molecule has 126 valence electrons. The summed E-state index contributed by atoms with van der Waals surface area (Å²) < 4.78 is -0.00806. The third kappa shape index (κ3) is 4.99. The molecule has 1 unspecified atom stereocenters. The number of anilines is 1. The Hall–Kier alpha value is -2.48. The van der Waals surface area contributed by atoms with Crippen LogP contribution in [-0.4, -0.2) is 27.4 Å². The van der Waals surface area contributed by atoms with Gasteiger partial charge in [0.05, 0.1) is 0 Å². The molecule has 0 bridgehead atoms. The molecule has 1 amide bonds. The van der Waals surface area contributed by atoms with Crippen LogP contribution in [0.2, 0.25) is 9.34 Å². The second-order valence-electron chi connectivity index (χ2n) is 5.29. The zero-order valence-electron chi connectivity index (χ0n) is 13.3. The number of nitrogens with one attached hydrogen (secondary N) is 1. The van der Waals surface area contributed by atoms with Gasteiger partial charge in [-0.05, 0) is 0 Å². The van der Waals surface area contributed by atoms with Crippen LogP contribution in [0.25, 0.3) is 10.4 Å². The van der Waals surface area contributed by atoms with E-state index in [9.17, 15) is 4.79 Å². The topological polar surface area (TPSA) is 102 Å². The number of amides is 1. The van der Waals surface area contributed by atoms with Crippen molar-refractivity contribution < 1.29 is 4.79 Å². The van der Waals surface area contributed by atoms with E-state index in [4.69, 9.17) is 22.4 Å². The molecule has 0 saturated heterocycles. The zero-order chi connectivity index (χ0) is 18.3. The molecule has 2 rings (SSSR count). The Bertz CT molecular complexity index is 875. The van der Waals surface area contributed by atoms with E-state index in [0.717, 1.165) is 4.46 Å². The number of hydrogen-bond donors (Lipinski definition) is 1. The van der Waals surface area contributed by atoms with Gasteiger partial charge in [0.2, 0.25) is 0 Å². The van der Waals surface area contributed by atoms with Crippen LogP contribution >= 0.6 is 11.6 Å². The number of nitriles is 1. The average Bonchev–Trinajstić information content (AvgIpc) is 2.60. The molecule has 0 aliphatic heterocycles. The Morgan fingerprint density at radius 1 is 1.40 bits per heavy atom. The molecule has 1 atom stereocenters. The van der Waals surface area contributed by atoms with Gasteiger partial charge in [0.15, 0.2) is 0 Å². The first-order valence-electron chi connectivity index (χ1n) is 7.24. The third-order valence-corrected chi connectivity index (χ3v) is 6.22. The Morgan fingerprint density at radius 3 is 2.84 bits per heavy atom. The molecule has 0 aliphatic carbocycles. The minimum atomic E-state index is -0.924. The second-order valence-corrected chi connectivity index (χ2v) is 9.03. The Morgan fingerprint density at radius 2 is 2.16 bits per heavy atom. The number of azide groups is 1. The summed E-state index contributed by atoms with van der Waals surface area (Å²) in [5.41, 5.74) is 9.47. The summed E-state index contributed by atoms with van der Waals surface area (Å²) in [6, 6.07) is 16.1. The van der Waals surface area contributed by atoms with Gasteiger partial charge in [-0.25, -0.2) is 0 Å². The van der Waals surface area contributed by atoms with Gasteiger partial charge in [-0.3, -0.25) is 0 Å². The summed E-state index contributed by atoms with van der Waals surface area (Å²) in [5, 5.41) is 16.1. The summed E-state index contributed by atoms with van der Waals surface area (Å²) in [5.74, 6) is -0.303. The van der Waals surface area contributed by atoms with Crippen LogP contribution in [0, 0.1) is 11.3 Å². The number of carbonyl (C=O) groups is 1. The Labute approximate surface area is 156 Å². The van der Waals surface area contributed by atoms with E-state index < -0.39 is 4.31 Å². The molecule has 0 saturated carbocycles. The summed E-state index contributed by atoms with van der Waals surface area (Å²) in [6.45, 7) is 1.75. The number of halogens is 1. The molecule has 1 N–H and O–H groups in total. The van der Waals surface area contributed by atoms with Crippen LogP contribution < -0.4 is 9.78 Å². The van der Waals surface area contributed by atoms with Crippen molar-refractivity contribution in [3.05, 3.63) is 69.6 Å². The van der Waals surface area contributed by atoms with Gasteiger partial charge in [0, 0.05) is 0 Å². The molecule has 0 heterocycles. The van der Waals surface area contributed by atoms with Crippen molar-refractivity contribution in [2.45, 2.75) is 11.2 Å². The predicted molar refractivity (Wildman–Crippen MR) is 99.0 cm³/mol. The molecule has 0 spiro atoms. The fourth-order valence-corrected chi connectivity index (χ4v) is 4.74. The Balaban J connectivity index is 2.30. The van der Waals surface area contributed by atoms with Crippen molar-refractivity contribution in [3.63, 3.8) is 0 Å². The van der Waals surface area contributed by atoms with Gasteiger partial charge < -0.3 is 0 Å². The van der Waals surface area contributed by atoms with Gasteiger partial charge in [0.1, 0.15) is 0 Å². The number of benzene rings is 2. The zero-order valence-corrected chi connectivity index (χ0v) is 15.8. The molecule has 8 heteroatoms. The van der Waals surface area contributed by atoms with E-state index in [2.05, 4.69) is 15.3 Å². The van der Waals surface area contributed by atoms with Gasteiger partial charge >= 0.3 is 157 Å². The first-order valence-corrected chi connectivity index (χ1v) is 9.33. The maximum absolute atomic E-state index is 12.9. The molecule has 6 nitrogen and oxygen atoms in total. The van der Waals surface area contributed by atoms with Crippen LogP contribution in [0.4, 0.5) is 5.69 Å². The fourth-order valence-electron chi connectivity index (χ4n) is 2.05. The Kier molecular flexibility index (Phi) is 6.46. The molecule has 0 aliphatic rings. The minimum absolute atomic E-state index is 0.0105. The SMILES string of the molecule is CC(CN=[N+]=[N-])([Se]c1cccc(Cl)c1)C(=O)Nc1ccccc1C#N. The van der Waals surface area contributed by atoms with Crippen molar-refractivity contribution in [3.8, 4) is 6.07 Å². The fraction of sp³-hybridized carbons (Fsp3) is 0.176. The van der Waals surface area contributed by atoms with Crippen molar-refractivity contribution in [1.82, 2.24) is 0 Å². The molecule has 0 radical (unpaired) electrons. The van der Waals surface area contributed by atoms with E-state index in [0.29, 0.717) is 16.3 Å². The van der Waals surface area contributed by atoms with Crippen LogP contribution in [0.5, 0.6) is 0 Å². The number of rotatable bonds is 6. The molecular weight excluding hydrogens is 405 g/mol. The molecule has 0 fully saturated rings. The van der Waals surface area contributed by atoms with Crippen molar-refractivity contribution in [2.24, 2.45) is 5.11 Å². The molecule has 2 aromatic rings. The molecule has 25 heavy (non-hydrogen) atoms. The second kappa shape index (κ2) is 8.57. The van der Waals surface area contributed by atoms with E-state index in [-0.39, 0.29) is 27.4 Å². The maximum atomic E-state index is 12.9. The predicted octanol–water partition coefficient (Wildman–Crippen LogP) is 3.67. The van der Waals surface area contributed by atoms with Crippen LogP contribution in [0.15, 0.2) is 53.6 Å². The average molecular weight is 419 g/mol. The van der Waals surface area contributed by atoms with Gasteiger partial charge in [-0.2, -0.15) is 0 Å². The van der Waals surface area contributed by atoms with E-state index in [1.807, 2.05) is 18.2 Å². The van der Waals surface area contributed by atoms with E-state index >= 15 is 0 Å². The van der Waals surface area contributed by atoms with Crippen molar-refractivity contribution >= 4 is 42.6 Å². The molecule has 0 aromatic heterocycles. The number of hydrogen-bond acceptors (Lipinski definition) is 3. The standard InChI is InChI=1S/C17H14ClN5OSe/c1-17(11-21-23-20,25-14-7-4-6-13(18)9-14)16(24)22-15-8-3-2-5-12(15)10-19/h2-9H,11H2,1H3,(H,22,24). The van der Waals surface area contributed by atoms with Crippen LogP contribution in [0.1, 0.15) is 12.5 Å². The first-order chi connectivity index (χ1) is 12.0. The molecule has 2 aromatic carbocycles. The van der Waals surface area contributed by atoms with E-state index in [1.54, 1.807) is 43.3 Å². The quantitative estimate of drug-likeness (QED) is 0.335. The first kappa shape index (κ1) is 18.9. The van der Waals surface area contributed by atoms with Crippen molar-refractivity contribution in [1.29, 1.82) is 5.26 Å². The van der Waals surface area contributed by atoms with Crippen LogP contribution in [-0.2, 0) is 4.79 Å². The van der Waals surface area contributed by atoms with Crippen LogP contribution in [0.3, 0.4) is 0 Å². The van der Waals surface area contributed by atoms with E-state index in [1.165, 1.54) is 0 Å². The number of para-hydroxylation sites is 1. The van der Waals surface area contributed by atoms with Gasteiger partial charge in [0.25, 0.3) is 0 Å². The summed E-state index contributed by atoms with van der Waals surface area (Å²) >= 11 is 5.68. The number of nitrogens with zero attached hydrogens (tertiary/aromatic N) is 4. The monoisotopic (exact) mass is 419 g/mol. The normalized spacial score (nSPS) is 12.4. The third-order valence-electron chi connectivity index (χ3n) is 3.35. The van der Waals surface area contributed by atoms with Gasteiger partial charge in [-0.15, -0.1) is 0 Å². The summed E-state index contributed by atoms with van der Waals surface area (Å²) in [6.07, 6.45) is 0. The van der Waals surface area contributed by atoms with Gasteiger partial charge in [-0.1, -0.05) is 0 Å². The summed E-state index contributed by atoms with van der Waals surface area (Å²) in [7, 11) is 0. The van der Waals surface area contributed by atoms with Crippen molar-refractivity contribution in [2.75, 3.05) is 11.9 Å².